The zero-order chi connectivity index (χ0) is 17.1. The minimum atomic E-state index is -0.0955. The molecular formula is C18H22N2O3S. The number of hydrogen-bond acceptors (Lipinski definition) is 4. The van der Waals surface area contributed by atoms with Crippen molar-refractivity contribution >= 4 is 17.2 Å². The van der Waals surface area contributed by atoms with E-state index in [1.165, 1.54) is 0 Å². The number of aromatic nitrogens is 1. The van der Waals surface area contributed by atoms with Gasteiger partial charge in [-0.2, -0.15) is 0 Å². The summed E-state index contributed by atoms with van der Waals surface area (Å²) >= 11 is 1.14. The van der Waals surface area contributed by atoms with Crippen molar-refractivity contribution in [3.05, 3.63) is 44.9 Å². The van der Waals surface area contributed by atoms with Gasteiger partial charge >= 0.3 is 4.87 Å². The number of carbonyl (C=O) groups excluding carboxylic acids is 1. The maximum Gasteiger partial charge on any atom is 0.308 e. The predicted molar refractivity (Wildman–Crippen MR) is 95.4 cm³/mol. The standard InChI is InChI=1S/C18H22N2O3S/c1-3-14-10-19(8-9-23-14)17(21)11-20-16(12-24-18(20)22)15-7-5-4-6-13(15)2/h4-7,12,14H,3,8-11H2,1-2H3/t14-/m0/s1. The third-order valence-electron chi connectivity index (χ3n) is 4.44. The molecule has 2 aromatic rings. The second-order valence-electron chi connectivity index (χ2n) is 6.03. The Morgan fingerprint density at radius 1 is 1.38 bits per heavy atom. The van der Waals surface area contributed by atoms with E-state index in [2.05, 4.69) is 6.92 Å². The number of morpholine rings is 1. The summed E-state index contributed by atoms with van der Waals surface area (Å²) < 4.78 is 7.20. The van der Waals surface area contributed by atoms with Gasteiger partial charge in [-0.1, -0.05) is 42.5 Å². The molecule has 0 radical (unpaired) electrons. The molecule has 0 spiro atoms. The maximum absolute atomic E-state index is 12.7. The van der Waals surface area contributed by atoms with E-state index >= 15 is 0 Å². The van der Waals surface area contributed by atoms with E-state index in [0.717, 1.165) is 34.6 Å². The SMILES string of the molecule is CC[C@H]1CN(C(=O)Cn2c(-c3ccccc3C)csc2=O)CCO1. The lowest BCUT2D eigenvalue weighted by molar-refractivity contribution is -0.139. The molecule has 0 bridgehead atoms. The Labute approximate surface area is 145 Å². The zero-order valence-electron chi connectivity index (χ0n) is 14.0. The fourth-order valence-electron chi connectivity index (χ4n) is 2.98. The van der Waals surface area contributed by atoms with Crippen LogP contribution in [0.25, 0.3) is 11.3 Å². The van der Waals surface area contributed by atoms with Gasteiger partial charge < -0.3 is 9.64 Å². The molecule has 1 amide bonds. The first-order valence-electron chi connectivity index (χ1n) is 8.24. The van der Waals surface area contributed by atoms with Crippen LogP contribution in [0.1, 0.15) is 18.9 Å². The normalized spacial score (nSPS) is 17.9. The Morgan fingerprint density at radius 3 is 2.92 bits per heavy atom. The average Bonchev–Trinajstić information content (AvgIpc) is 2.96. The number of amides is 1. The molecule has 3 rings (SSSR count). The largest absolute Gasteiger partial charge is 0.375 e. The lowest BCUT2D eigenvalue weighted by Gasteiger charge is -2.32. The number of ether oxygens (including phenoxy) is 1. The Kier molecular flexibility index (Phi) is 5.16. The second-order valence-corrected chi connectivity index (χ2v) is 6.85. The van der Waals surface area contributed by atoms with Gasteiger partial charge in [0.1, 0.15) is 6.54 Å². The van der Waals surface area contributed by atoms with Crippen LogP contribution >= 0.6 is 11.3 Å². The van der Waals surface area contributed by atoms with E-state index in [9.17, 15) is 9.59 Å². The highest BCUT2D eigenvalue weighted by Crippen LogP contribution is 2.23. The third kappa shape index (κ3) is 3.44. The molecule has 1 aliphatic rings. The van der Waals surface area contributed by atoms with Crippen molar-refractivity contribution in [1.82, 2.24) is 9.47 Å². The van der Waals surface area contributed by atoms with Gasteiger partial charge in [0.2, 0.25) is 5.91 Å². The Hall–Kier alpha value is -1.92. The van der Waals surface area contributed by atoms with E-state index in [4.69, 9.17) is 4.74 Å². The average molecular weight is 346 g/mol. The van der Waals surface area contributed by atoms with Crippen LogP contribution in [0.3, 0.4) is 0 Å². The summed E-state index contributed by atoms with van der Waals surface area (Å²) in [5, 5.41) is 1.84. The molecule has 1 aliphatic heterocycles. The molecule has 1 aromatic heterocycles. The van der Waals surface area contributed by atoms with Crippen molar-refractivity contribution in [2.24, 2.45) is 0 Å². The highest BCUT2D eigenvalue weighted by Gasteiger charge is 2.24. The Bertz CT molecular complexity index is 781. The maximum atomic E-state index is 12.7. The number of aryl methyl sites for hydroxylation is 1. The first kappa shape index (κ1) is 16.9. The molecule has 6 heteroatoms. The van der Waals surface area contributed by atoms with Gasteiger partial charge in [-0.3, -0.25) is 14.2 Å². The van der Waals surface area contributed by atoms with E-state index in [0.29, 0.717) is 19.7 Å². The molecule has 24 heavy (non-hydrogen) atoms. The van der Waals surface area contributed by atoms with E-state index in [1.807, 2.05) is 41.5 Å². The number of hydrogen-bond donors (Lipinski definition) is 0. The zero-order valence-corrected chi connectivity index (χ0v) is 14.8. The summed E-state index contributed by atoms with van der Waals surface area (Å²) in [5.41, 5.74) is 2.91. The van der Waals surface area contributed by atoms with Crippen molar-refractivity contribution in [1.29, 1.82) is 0 Å². The van der Waals surface area contributed by atoms with Gasteiger partial charge in [0.05, 0.1) is 18.4 Å². The first-order chi connectivity index (χ1) is 11.6. The van der Waals surface area contributed by atoms with E-state index < -0.39 is 0 Å². The highest BCUT2D eigenvalue weighted by molar-refractivity contribution is 7.07. The summed E-state index contributed by atoms with van der Waals surface area (Å²) in [6.45, 7) is 5.91. The Balaban J connectivity index is 1.83. The van der Waals surface area contributed by atoms with Crippen molar-refractivity contribution in [2.45, 2.75) is 32.9 Å². The molecule has 1 atom stereocenters. The third-order valence-corrected chi connectivity index (χ3v) is 5.21. The molecule has 1 fully saturated rings. The molecule has 1 aromatic carbocycles. The fraction of sp³-hybridized carbons (Fsp3) is 0.444. The molecular weight excluding hydrogens is 324 g/mol. The van der Waals surface area contributed by atoms with Crippen LogP contribution in [0.2, 0.25) is 0 Å². The van der Waals surface area contributed by atoms with Crippen molar-refractivity contribution in [3.63, 3.8) is 0 Å². The van der Waals surface area contributed by atoms with Crippen molar-refractivity contribution in [3.8, 4) is 11.3 Å². The van der Waals surface area contributed by atoms with Crippen LogP contribution < -0.4 is 4.87 Å². The number of rotatable bonds is 4. The van der Waals surface area contributed by atoms with Crippen LogP contribution in [-0.4, -0.2) is 41.2 Å². The smallest absolute Gasteiger partial charge is 0.308 e. The van der Waals surface area contributed by atoms with Crippen LogP contribution in [0.5, 0.6) is 0 Å². The molecule has 0 unspecified atom stereocenters. The van der Waals surface area contributed by atoms with Gasteiger partial charge in [0, 0.05) is 24.0 Å². The number of benzene rings is 1. The van der Waals surface area contributed by atoms with Crippen LogP contribution in [0.15, 0.2) is 34.4 Å². The molecule has 0 aliphatic carbocycles. The minimum absolute atomic E-state index is 0.0212. The second kappa shape index (κ2) is 7.32. The van der Waals surface area contributed by atoms with Crippen LogP contribution in [0, 0.1) is 6.92 Å². The molecule has 1 saturated heterocycles. The molecule has 5 nitrogen and oxygen atoms in total. The summed E-state index contributed by atoms with van der Waals surface area (Å²) in [6.07, 6.45) is 0.981. The molecule has 0 N–H and O–H groups in total. The van der Waals surface area contributed by atoms with Gasteiger partial charge in [0.15, 0.2) is 0 Å². The van der Waals surface area contributed by atoms with E-state index in [-0.39, 0.29) is 23.4 Å². The predicted octanol–water partition coefficient (Wildman–Crippen LogP) is 2.52. The van der Waals surface area contributed by atoms with Gasteiger partial charge in [-0.25, -0.2) is 0 Å². The topological polar surface area (TPSA) is 51.5 Å². The summed E-state index contributed by atoms with van der Waals surface area (Å²) in [7, 11) is 0. The minimum Gasteiger partial charge on any atom is -0.375 e. The summed E-state index contributed by atoms with van der Waals surface area (Å²) in [6, 6.07) is 7.92. The quantitative estimate of drug-likeness (QED) is 0.855. The summed E-state index contributed by atoms with van der Waals surface area (Å²) in [5.74, 6) is -0.0212. The van der Waals surface area contributed by atoms with Crippen molar-refractivity contribution < 1.29 is 9.53 Å². The first-order valence-corrected chi connectivity index (χ1v) is 9.11. The molecule has 0 saturated carbocycles. The van der Waals surface area contributed by atoms with Crippen LogP contribution in [-0.2, 0) is 16.1 Å². The lowest BCUT2D eigenvalue weighted by Crippen LogP contribution is -2.47. The monoisotopic (exact) mass is 346 g/mol. The number of nitrogens with zero attached hydrogens (tertiary/aromatic N) is 2. The fourth-order valence-corrected chi connectivity index (χ4v) is 3.74. The number of thiazole rings is 1. The van der Waals surface area contributed by atoms with Gasteiger partial charge in [-0.05, 0) is 18.9 Å². The van der Waals surface area contributed by atoms with Gasteiger partial charge in [-0.15, -0.1) is 0 Å². The lowest BCUT2D eigenvalue weighted by atomic mass is 10.1. The van der Waals surface area contributed by atoms with Gasteiger partial charge in [0.25, 0.3) is 0 Å². The number of carbonyl (C=O) groups is 1. The highest BCUT2D eigenvalue weighted by atomic mass is 32.1. The van der Waals surface area contributed by atoms with E-state index in [1.54, 1.807) is 4.57 Å². The Morgan fingerprint density at radius 2 is 2.17 bits per heavy atom. The van der Waals surface area contributed by atoms with Crippen molar-refractivity contribution in [2.75, 3.05) is 19.7 Å². The summed E-state index contributed by atoms with van der Waals surface area (Å²) in [4.78, 5) is 26.6. The molecule has 128 valence electrons. The van der Waals surface area contributed by atoms with Crippen LogP contribution in [0.4, 0.5) is 0 Å². The molecule has 2 heterocycles.